The summed E-state index contributed by atoms with van der Waals surface area (Å²) in [6.07, 6.45) is 4.04. The summed E-state index contributed by atoms with van der Waals surface area (Å²) in [5.41, 5.74) is 0.111. The molecule has 1 saturated carbocycles. The van der Waals surface area contributed by atoms with Crippen molar-refractivity contribution < 1.29 is 14.3 Å². The van der Waals surface area contributed by atoms with Crippen molar-refractivity contribution in [2.75, 3.05) is 6.61 Å². The van der Waals surface area contributed by atoms with E-state index in [-0.39, 0.29) is 5.69 Å². The van der Waals surface area contributed by atoms with E-state index in [0.29, 0.717) is 29.2 Å². The van der Waals surface area contributed by atoms with Crippen LogP contribution in [0.15, 0.2) is 24.3 Å². The zero-order chi connectivity index (χ0) is 20.1. The van der Waals surface area contributed by atoms with Crippen LogP contribution in [0.5, 0.6) is 0 Å². The van der Waals surface area contributed by atoms with Crippen molar-refractivity contribution in [1.82, 2.24) is 20.3 Å². The van der Waals surface area contributed by atoms with Crippen molar-refractivity contribution >= 4 is 23.5 Å². The Bertz CT molecular complexity index is 928. The Hall–Kier alpha value is -2.92. The zero-order valence-corrected chi connectivity index (χ0v) is 16.2. The van der Waals surface area contributed by atoms with Crippen LogP contribution >= 0.6 is 11.6 Å². The topological polar surface area (TPSA) is 110 Å². The maximum absolute atomic E-state index is 12.3. The normalized spacial score (nSPS) is 15.5. The van der Waals surface area contributed by atoms with E-state index in [2.05, 4.69) is 21.6 Å². The molecule has 1 aromatic heterocycles. The lowest BCUT2D eigenvalue weighted by molar-refractivity contribution is -0.125. The molecule has 0 aliphatic heterocycles. The first kappa shape index (κ1) is 19.8. The Morgan fingerprint density at radius 1 is 1.32 bits per heavy atom. The number of carbonyl (C=O) groups excluding carboxylic acids is 2. The third-order valence-electron chi connectivity index (χ3n) is 4.65. The molecule has 146 valence electrons. The standard InChI is InChI=1S/C19H20ClN5O3/c1-13-17(24-25(23-13)15-7-5-6-14(20)10-15)18(27)28-11-16(26)22-19(12-21)8-3-2-4-9-19/h5-7,10H,2-4,8-9,11H2,1H3,(H,22,26). The second-order valence-corrected chi connectivity index (χ2v) is 7.22. The van der Waals surface area contributed by atoms with Gasteiger partial charge in [0, 0.05) is 5.02 Å². The van der Waals surface area contributed by atoms with Gasteiger partial charge in [-0.15, -0.1) is 5.10 Å². The predicted molar refractivity (Wildman–Crippen MR) is 101 cm³/mol. The lowest BCUT2D eigenvalue weighted by Crippen LogP contribution is -2.50. The first-order chi connectivity index (χ1) is 13.4. The van der Waals surface area contributed by atoms with Gasteiger partial charge in [0.05, 0.1) is 17.5 Å². The van der Waals surface area contributed by atoms with Gasteiger partial charge in [-0.1, -0.05) is 36.9 Å². The highest BCUT2D eigenvalue weighted by Crippen LogP contribution is 2.27. The number of esters is 1. The lowest BCUT2D eigenvalue weighted by Gasteiger charge is -2.31. The first-order valence-corrected chi connectivity index (χ1v) is 9.39. The summed E-state index contributed by atoms with van der Waals surface area (Å²) in [4.78, 5) is 25.8. The van der Waals surface area contributed by atoms with Crippen LogP contribution in [0.3, 0.4) is 0 Å². The maximum atomic E-state index is 12.3. The quantitative estimate of drug-likeness (QED) is 0.771. The number of carbonyl (C=O) groups is 2. The van der Waals surface area contributed by atoms with Crippen LogP contribution in [-0.4, -0.2) is 39.0 Å². The second kappa shape index (κ2) is 8.40. The number of hydrogen-bond acceptors (Lipinski definition) is 6. The van der Waals surface area contributed by atoms with Gasteiger partial charge < -0.3 is 10.1 Å². The molecule has 1 fully saturated rings. The van der Waals surface area contributed by atoms with Crippen LogP contribution in [0.25, 0.3) is 5.69 Å². The molecule has 0 unspecified atom stereocenters. The van der Waals surface area contributed by atoms with E-state index in [1.54, 1.807) is 31.2 Å². The Labute approximate surface area is 167 Å². The number of hydrogen-bond donors (Lipinski definition) is 1. The number of aryl methyl sites for hydroxylation is 1. The monoisotopic (exact) mass is 401 g/mol. The molecular formula is C19H20ClN5O3. The Morgan fingerprint density at radius 2 is 2.07 bits per heavy atom. The molecule has 8 nitrogen and oxygen atoms in total. The summed E-state index contributed by atoms with van der Waals surface area (Å²) in [7, 11) is 0. The van der Waals surface area contributed by atoms with Gasteiger partial charge in [-0.2, -0.15) is 15.2 Å². The van der Waals surface area contributed by atoms with E-state index in [0.717, 1.165) is 19.3 Å². The van der Waals surface area contributed by atoms with Crippen molar-refractivity contribution in [2.45, 2.75) is 44.6 Å². The number of amides is 1. The number of ether oxygens (including phenoxy) is 1. The van der Waals surface area contributed by atoms with E-state index in [1.165, 1.54) is 4.80 Å². The van der Waals surface area contributed by atoms with Crippen molar-refractivity contribution in [2.24, 2.45) is 0 Å². The number of nitriles is 1. The van der Waals surface area contributed by atoms with Crippen molar-refractivity contribution in [3.8, 4) is 11.8 Å². The Kier molecular flexibility index (Phi) is 5.95. The highest BCUT2D eigenvalue weighted by molar-refractivity contribution is 6.30. The molecule has 0 bridgehead atoms. The summed E-state index contributed by atoms with van der Waals surface area (Å²) >= 11 is 5.96. The number of nitrogens with one attached hydrogen (secondary N) is 1. The fraction of sp³-hybridized carbons (Fsp3) is 0.421. The molecule has 0 spiro atoms. The number of aromatic nitrogens is 3. The number of nitrogens with zero attached hydrogens (tertiary/aromatic N) is 4. The summed E-state index contributed by atoms with van der Waals surface area (Å²) in [5, 5.41) is 21.0. The van der Waals surface area contributed by atoms with E-state index >= 15 is 0 Å². The maximum Gasteiger partial charge on any atom is 0.361 e. The minimum Gasteiger partial charge on any atom is -0.451 e. The molecular weight excluding hydrogens is 382 g/mol. The van der Waals surface area contributed by atoms with Gasteiger partial charge in [0.15, 0.2) is 12.3 Å². The van der Waals surface area contributed by atoms with Crippen LogP contribution in [0, 0.1) is 18.3 Å². The molecule has 0 radical (unpaired) electrons. The predicted octanol–water partition coefficient (Wildman–Crippen LogP) is 2.73. The van der Waals surface area contributed by atoms with Gasteiger partial charge in [-0.05, 0) is 38.0 Å². The molecule has 1 aliphatic rings. The van der Waals surface area contributed by atoms with Gasteiger partial charge in [0.2, 0.25) is 0 Å². The fourth-order valence-electron chi connectivity index (χ4n) is 3.21. The highest BCUT2D eigenvalue weighted by Gasteiger charge is 2.33. The smallest absolute Gasteiger partial charge is 0.361 e. The molecule has 9 heteroatoms. The van der Waals surface area contributed by atoms with E-state index in [1.807, 2.05) is 0 Å². The van der Waals surface area contributed by atoms with Crippen LogP contribution in [0.1, 0.15) is 48.3 Å². The first-order valence-electron chi connectivity index (χ1n) is 9.02. The van der Waals surface area contributed by atoms with Gasteiger partial charge >= 0.3 is 5.97 Å². The average Bonchev–Trinajstić information content (AvgIpc) is 3.09. The van der Waals surface area contributed by atoms with E-state index < -0.39 is 24.0 Å². The van der Waals surface area contributed by atoms with Crippen LogP contribution in [-0.2, 0) is 9.53 Å². The molecule has 1 aromatic carbocycles. The largest absolute Gasteiger partial charge is 0.451 e. The van der Waals surface area contributed by atoms with E-state index in [9.17, 15) is 14.9 Å². The molecule has 28 heavy (non-hydrogen) atoms. The average molecular weight is 402 g/mol. The van der Waals surface area contributed by atoms with Crippen LogP contribution < -0.4 is 5.32 Å². The fourth-order valence-corrected chi connectivity index (χ4v) is 3.39. The summed E-state index contributed by atoms with van der Waals surface area (Å²) in [6, 6.07) is 9.07. The molecule has 1 N–H and O–H groups in total. The van der Waals surface area contributed by atoms with Gasteiger partial charge in [0.25, 0.3) is 5.91 Å². The number of rotatable bonds is 5. The molecule has 2 aromatic rings. The minimum absolute atomic E-state index is 0.0143. The number of halogens is 1. The third-order valence-corrected chi connectivity index (χ3v) is 4.88. The number of benzene rings is 1. The van der Waals surface area contributed by atoms with Crippen molar-refractivity contribution in [3.63, 3.8) is 0 Å². The van der Waals surface area contributed by atoms with Gasteiger partial charge in [-0.25, -0.2) is 4.79 Å². The van der Waals surface area contributed by atoms with Crippen molar-refractivity contribution in [1.29, 1.82) is 5.26 Å². The second-order valence-electron chi connectivity index (χ2n) is 6.78. The zero-order valence-electron chi connectivity index (χ0n) is 15.4. The summed E-state index contributed by atoms with van der Waals surface area (Å²) < 4.78 is 5.07. The Balaban J connectivity index is 1.62. The molecule has 0 saturated heterocycles. The molecule has 1 heterocycles. The molecule has 1 aliphatic carbocycles. The molecule has 0 atom stereocenters. The van der Waals surface area contributed by atoms with Crippen LogP contribution in [0.2, 0.25) is 5.02 Å². The molecule has 3 rings (SSSR count). The van der Waals surface area contributed by atoms with Crippen molar-refractivity contribution in [3.05, 3.63) is 40.7 Å². The van der Waals surface area contributed by atoms with Crippen LogP contribution in [0.4, 0.5) is 0 Å². The Morgan fingerprint density at radius 3 is 2.75 bits per heavy atom. The van der Waals surface area contributed by atoms with Gasteiger partial charge in [-0.3, -0.25) is 4.79 Å². The summed E-state index contributed by atoms with van der Waals surface area (Å²) in [5.74, 6) is -1.26. The minimum atomic E-state index is -0.868. The van der Waals surface area contributed by atoms with E-state index in [4.69, 9.17) is 16.3 Å². The highest BCUT2D eigenvalue weighted by atomic mass is 35.5. The summed E-state index contributed by atoms with van der Waals surface area (Å²) in [6.45, 7) is 1.14. The third kappa shape index (κ3) is 4.49. The lowest BCUT2D eigenvalue weighted by atomic mass is 9.83. The van der Waals surface area contributed by atoms with Gasteiger partial charge in [0.1, 0.15) is 5.54 Å². The SMILES string of the molecule is Cc1nn(-c2cccc(Cl)c2)nc1C(=O)OCC(=O)NC1(C#N)CCCCC1. The molecule has 1 amide bonds.